The number of ether oxygens (including phenoxy) is 4. The van der Waals surface area contributed by atoms with Gasteiger partial charge in [-0.25, -0.2) is 4.98 Å². The molecule has 0 spiro atoms. The summed E-state index contributed by atoms with van der Waals surface area (Å²) in [6, 6.07) is 0. The Balaban J connectivity index is 1.36. The molecule has 0 saturated carbocycles. The molecule has 1 aromatic heterocycles. The second kappa shape index (κ2) is 14.7. The van der Waals surface area contributed by atoms with Crippen LogP contribution < -0.4 is 0 Å². The molecule has 11 heteroatoms. The van der Waals surface area contributed by atoms with E-state index in [1.807, 2.05) is 15.2 Å². The van der Waals surface area contributed by atoms with Gasteiger partial charge in [0.15, 0.2) is 0 Å². The monoisotopic (exact) mass is 498 g/mol. The van der Waals surface area contributed by atoms with Crippen LogP contribution in [0.3, 0.4) is 0 Å². The number of carbonyl (C=O) groups is 2. The number of piperidine rings is 1. The van der Waals surface area contributed by atoms with Crippen LogP contribution in [-0.4, -0.2) is 131 Å². The first-order chi connectivity index (χ1) is 16.6. The molecule has 0 aliphatic carbocycles. The number of rotatable bonds is 13. The number of methoxy groups -OCH3 is 2. The van der Waals surface area contributed by atoms with Crippen LogP contribution in [0.2, 0.25) is 0 Å². The van der Waals surface area contributed by atoms with Gasteiger partial charge in [-0.2, -0.15) is 0 Å². The summed E-state index contributed by atoms with van der Waals surface area (Å²) in [5.41, 5.74) is 0.546. The Hall–Kier alpha value is -1.63. The average molecular weight is 499 g/mol. The van der Waals surface area contributed by atoms with Gasteiger partial charge >= 0.3 is 0 Å². The predicted octanol–water partition coefficient (Wildman–Crippen LogP) is 0.933. The zero-order valence-corrected chi connectivity index (χ0v) is 21.2. The van der Waals surface area contributed by atoms with Crippen LogP contribution in [-0.2, 0) is 23.7 Å². The van der Waals surface area contributed by atoms with Gasteiger partial charge in [-0.15, -0.1) is 11.3 Å². The van der Waals surface area contributed by atoms with Crippen molar-refractivity contribution in [2.45, 2.75) is 18.8 Å². The summed E-state index contributed by atoms with van der Waals surface area (Å²) in [5.74, 6) is 0.316. The second-order valence-corrected chi connectivity index (χ2v) is 9.40. The maximum absolute atomic E-state index is 12.9. The smallest absolute Gasteiger partial charge is 0.273 e. The average Bonchev–Trinajstić information content (AvgIpc) is 3.37. The van der Waals surface area contributed by atoms with Gasteiger partial charge in [0.25, 0.3) is 5.91 Å². The Morgan fingerprint density at radius 1 is 0.912 bits per heavy atom. The molecule has 0 atom stereocenters. The van der Waals surface area contributed by atoms with Gasteiger partial charge in [0.2, 0.25) is 5.91 Å². The first kappa shape index (κ1) is 27.0. The maximum atomic E-state index is 12.9. The predicted molar refractivity (Wildman–Crippen MR) is 128 cm³/mol. The van der Waals surface area contributed by atoms with Crippen molar-refractivity contribution < 1.29 is 28.5 Å². The molecule has 3 heterocycles. The molecule has 10 nitrogen and oxygen atoms in total. The zero-order chi connectivity index (χ0) is 24.2. The van der Waals surface area contributed by atoms with Gasteiger partial charge in [0.05, 0.1) is 38.0 Å². The summed E-state index contributed by atoms with van der Waals surface area (Å²) in [6.45, 7) is 8.14. The third-order valence-electron chi connectivity index (χ3n) is 6.24. The number of hydrogen-bond acceptors (Lipinski definition) is 9. The summed E-state index contributed by atoms with van der Waals surface area (Å²) in [6.07, 6.45) is 1.70. The van der Waals surface area contributed by atoms with Crippen molar-refractivity contribution in [3.63, 3.8) is 0 Å². The number of aromatic nitrogens is 1. The van der Waals surface area contributed by atoms with Crippen LogP contribution in [0.5, 0.6) is 0 Å². The Bertz CT molecular complexity index is 748. The van der Waals surface area contributed by atoms with Crippen molar-refractivity contribution in [3.8, 4) is 0 Å². The molecule has 3 rings (SSSR count). The number of thiazole rings is 1. The minimum atomic E-state index is 0.00925. The molecular formula is C23H38N4O6S. The molecule has 2 amide bonds. The Labute approximate surface area is 206 Å². The minimum Gasteiger partial charge on any atom is -0.383 e. The summed E-state index contributed by atoms with van der Waals surface area (Å²) in [4.78, 5) is 36.0. The van der Waals surface area contributed by atoms with Crippen LogP contribution in [0.4, 0.5) is 0 Å². The fourth-order valence-corrected chi connectivity index (χ4v) is 5.08. The lowest BCUT2D eigenvalue weighted by Gasteiger charge is -2.34. The zero-order valence-electron chi connectivity index (χ0n) is 20.4. The summed E-state index contributed by atoms with van der Waals surface area (Å²) in [7, 11) is 3.34. The summed E-state index contributed by atoms with van der Waals surface area (Å²) >= 11 is 1.56. The van der Waals surface area contributed by atoms with E-state index in [1.165, 1.54) is 0 Å². The van der Waals surface area contributed by atoms with E-state index in [9.17, 15) is 9.59 Å². The number of piperazine rings is 1. The molecule has 2 aliphatic heterocycles. The largest absolute Gasteiger partial charge is 0.383 e. The van der Waals surface area contributed by atoms with Crippen molar-refractivity contribution in [2.75, 3.05) is 99.7 Å². The lowest BCUT2D eigenvalue weighted by Crippen LogP contribution is -2.49. The minimum absolute atomic E-state index is 0.00925. The van der Waals surface area contributed by atoms with E-state index < -0.39 is 0 Å². The highest BCUT2D eigenvalue weighted by Gasteiger charge is 2.28. The van der Waals surface area contributed by atoms with Gasteiger partial charge in [0.1, 0.15) is 12.3 Å². The van der Waals surface area contributed by atoms with Crippen molar-refractivity contribution in [2.24, 2.45) is 0 Å². The highest BCUT2D eigenvalue weighted by atomic mass is 32.1. The lowest BCUT2D eigenvalue weighted by molar-refractivity contribution is -0.137. The van der Waals surface area contributed by atoms with E-state index in [-0.39, 0.29) is 24.3 Å². The fraction of sp³-hybridized carbons (Fsp3) is 0.783. The number of amides is 2. The van der Waals surface area contributed by atoms with E-state index in [4.69, 9.17) is 18.9 Å². The van der Waals surface area contributed by atoms with E-state index in [0.717, 1.165) is 50.6 Å². The fourth-order valence-electron chi connectivity index (χ4n) is 4.12. The number of carbonyl (C=O) groups excluding carboxylic acids is 2. The molecule has 192 valence electrons. The van der Waals surface area contributed by atoms with E-state index >= 15 is 0 Å². The molecule has 0 N–H and O–H groups in total. The van der Waals surface area contributed by atoms with E-state index in [2.05, 4.69) is 9.88 Å². The van der Waals surface area contributed by atoms with Crippen molar-refractivity contribution in [3.05, 3.63) is 16.1 Å². The highest BCUT2D eigenvalue weighted by Crippen LogP contribution is 2.30. The third-order valence-corrected chi connectivity index (χ3v) is 7.25. The number of nitrogens with zero attached hydrogens (tertiary/aromatic N) is 4. The van der Waals surface area contributed by atoms with Crippen LogP contribution in [0, 0.1) is 0 Å². The van der Waals surface area contributed by atoms with E-state index in [1.54, 1.807) is 25.6 Å². The van der Waals surface area contributed by atoms with Crippen LogP contribution in [0.25, 0.3) is 0 Å². The summed E-state index contributed by atoms with van der Waals surface area (Å²) < 4.78 is 20.8. The van der Waals surface area contributed by atoms with Crippen LogP contribution in [0.15, 0.2) is 5.38 Å². The molecule has 1 aromatic rings. The first-order valence-corrected chi connectivity index (χ1v) is 12.9. The van der Waals surface area contributed by atoms with Gasteiger partial charge in [-0.1, -0.05) is 0 Å². The van der Waals surface area contributed by atoms with Crippen molar-refractivity contribution >= 4 is 23.2 Å². The number of likely N-dealkylation sites (tertiary alicyclic amines) is 1. The van der Waals surface area contributed by atoms with Gasteiger partial charge < -0.3 is 28.7 Å². The standard InChI is InChI=1S/C23H38N4O6S/c1-30-12-11-25-7-9-27(10-8-25)23(29)20-18-34-22(24-20)19-3-5-26(6-4-19)21(28)17-33-16-15-32-14-13-31-2/h18-19H,3-17H2,1-2H3. The molecule has 2 saturated heterocycles. The molecule has 0 aromatic carbocycles. The summed E-state index contributed by atoms with van der Waals surface area (Å²) in [5, 5.41) is 2.88. The third kappa shape index (κ3) is 8.24. The Morgan fingerprint density at radius 3 is 2.29 bits per heavy atom. The quantitative estimate of drug-likeness (QED) is 0.371. The van der Waals surface area contributed by atoms with Gasteiger partial charge in [-0.05, 0) is 12.8 Å². The number of hydrogen-bond donors (Lipinski definition) is 0. The van der Waals surface area contributed by atoms with Crippen LogP contribution >= 0.6 is 11.3 Å². The molecule has 0 radical (unpaired) electrons. The second-order valence-electron chi connectivity index (χ2n) is 8.51. The Kier molecular flexibility index (Phi) is 11.7. The normalized spacial score (nSPS) is 17.9. The van der Waals surface area contributed by atoms with Gasteiger partial charge in [0, 0.05) is 71.3 Å². The molecule has 34 heavy (non-hydrogen) atoms. The van der Waals surface area contributed by atoms with E-state index in [0.29, 0.717) is 51.8 Å². The molecular weight excluding hydrogens is 460 g/mol. The topological polar surface area (TPSA) is 93.7 Å². The first-order valence-electron chi connectivity index (χ1n) is 12.0. The van der Waals surface area contributed by atoms with Gasteiger partial charge in [-0.3, -0.25) is 14.5 Å². The molecule has 0 unspecified atom stereocenters. The highest BCUT2D eigenvalue weighted by molar-refractivity contribution is 7.09. The van der Waals surface area contributed by atoms with Crippen molar-refractivity contribution in [1.29, 1.82) is 0 Å². The maximum Gasteiger partial charge on any atom is 0.273 e. The molecule has 0 bridgehead atoms. The lowest BCUT2D eigenvalue weighted by atomic mass is 9.97. The molecule has 2 fully saturated rings. The van der Waals surface area contributed by atoms with Crippen LogP contribution in [0.1, 0.15) is 34.3 Å². The Morgan fingerprint density at radius 2 is 1.59 bits per heavy atom. The SMILES string of the molecule is COCCOCCOCC(=O)N1CCC(c2nc(C(=O)N3CCN(CCOC)CC3)cs2)CC1. The van der Waals surface area contributed by atoms with Crippen molar-refractivity contribution in [1.82, 2.24) is 19.7 Å². The molecule has 2 aliphatic rings.